The monoisotopic (exact) mass is 433 g/mol. The lowest BCUT2D eigenvalue weighted by molar-refractivity contribution is -0.115. The fraction of sp³-hybridized carbons (Fsp3) is 0.292. The molecule has 1 aromatic heterocycles. The predicted octanol–water partition coefficient (Wildman–Crippen LogP) is 2.12. The van der Waals surface area contributed by atoms with Crippen LogP contribution in [0, 0.1) is 0 Å². The van der Waals surface area contributed by atoms with Crippen molar-refractivity contribution < 1.29 is 14.6 Å². The van der Waals surface area contributed by atoms with E-state index < -0.39 is 0 Å². The van der Waals surface area contributed by atoms with E-state index in [-0.39, 0.29) is 25.2 Å². The van der Waals surface area contributed by atoms with E-state index in [2.05, 4.69) is 16.0 Å². The number of amides is 1. The van der Waals surface area contributed by atoms with E-state index in [1.165, 1.54) is 0 Å². The number of benzene rings is 2. The number of ether oxygens (including phenoxy) is 1. The quantitative estimate of drug-likeness (QED) is 0.452. The number of nitrogens with zero attached hydrogens (tertiary/aromatic N) is 2. The highest BCUT2D eigenvalue weighted by molar-refractivity contribution is 5.92. The number of aliphatic hydroxyl groups is 1. The van der Waals surface area contributed by atoms with Gasteiger partial charge in [0.25, 0.3) is 0 Å². The van der Waals surface area contributed by atoms with Crippen molar-refractivity contribution >= 4 is 11.6 Å². The first-order valence-electron chi connectivity index (χ1n) is 10.6. The molecule has 1 fully saturated rings. The van der Waals surface area contributed by atoms with Crippen LogP contribution in [0.1, 0.15) is 17.4 Å². The Hall–Kier alpha value is -3.17. The second kappa shape index (κ2) is 10.4. The molecule has 8 heteroatoms. The van der Waals surface area contributed by atoms with E-state index in [4.69, 9.17) is 14.7 Å². The Balaban J connectivity index is 1.69. The Bertz CT molecular complexity index is 1070. The number of aliphatic hydroxyl groups excluding tert-OH is 1. The van der Waals surface area contributed by atoms with Crippen molar-refractivity contribution in [2.45, 2.75) is 12.7 Å². The minimum absolute atomic E-state index is 0.0449. The molecule has 0 aliphatic carbocycles. The molecular weight excluding hydrogens is 406 g/mol. The Kier molecular flexibility index (Phi) is 7.18. The van der Waals surface area contributed by atoms with Crippen LogP contribution >= 0.6 is 0 Å². The molecule has 2 heterocycles. The highest BCUT2D eigenvalue weighted by atomic mass is 16.5. The maximum Gasteiger partial charge on any atom is 0.238 e. The zero-order valence-corrected chi connectivity index (χ0v) is 18.0. The Morgan fingerprint density at radius 3 is 2.72 bits per heavy atom. The van der Waals surface area contributed by atoms with Gasteiger partial charge in [-0.25, -0.2) is 9.97 Å². The van der Waals surface area contributed by atoms with Crippen LogP contribution in [0.25, 0.3) is 22.6 Å². The molecule has 166 valence electrons. The SMILES string of the molecule is CNCC(=O)Nc1ccc(-c2cc(C3CNCCO3)nc(-c3cccc(CO)c3)n2)cc1. The first-order valence-corrected chi connectivity index (χ1v) is 10.6. The van der Waals surface area contributed by atoms with Gasteiger partial charge in [-0.1, -0.05) is 30.3 Å². The summed E-state index contributed by atoms with van der Waals surface area (Å²) in [5.74, 6) is 0.478. The van der Waals surface area contributed by atoms with Crippen LogP contribution in [0.4, 0.5) is 5.69 Å². The summed E-state index contributed by atoms with van der Waals surface area (Å²) in [5.41, 5.74) is 4.83. The van der Waals surface area contributed by atoms with Crippen molar-refractivity contribution in [1.82, 2.24) is 20.6 Å². The number of carbonyl (C=O) groups excluding carboxylic acids is 1. The van der Waals surface area contributed by atoms with Gasteiger partial charge in [-0.3, -0.25) is 4.79 Å². The third kappa shape index (κ3) is 5.35. The molecule has 1 unspecified atom stereocenters. The zero-order valence-electron chi connectivity index (χ0n) is 18.0. The van der Waals surface area contributed by atoms with Gasteiger partial charge in [-0.05, 0) is 36.9 Å². The van der Waals surface area contributed by atoms with Crippen LogP contribution in [0.2, 0.25) is 0 Å². The smallest absolute Gasteiger partial charge is 0.238 e. The maximum absolute atomic E-state index is 11.8. The third-order valence-electron chi connectivity index (χ3n) is 5.17. The van der Waals surface area contributed by atoms with Crippen molar-refractivity contribution in [3.05, 3.63) is 65.9 Å². The summed E-state index contributed by atoms with van der Waals surface area (Å²) in [4.78, 5) is 21.4. The molecule has 1 atom stereocenters. The topological polar surface area (TPSA) is 108 Å². The van der Waals surface area contributed by atoms with Gasteiger partial charge >= 0.3 is 0 Å². The number of anilines is 1. The summed E-state index contributed by atoms with van der Waals surface area (Å²) in [7, 11) is 1.73. The van der Waals surface area contributed by atoms with E-state index >= 15 is 0 Å². The fourth-order valence-corrected chi connectivity index (χ4v) is 3.56. The third-order valence-corrected chi connectivity index (χ3v) is 5.17. The lowest BCUT2D eigenvalue weighted by Gasteiger charge is -2.24. The van der Waals surface area contributed by atoms with Crippen LogP contribution < -0.4 is 16.0 Å². The average Bonchev–Trinajstić information content (AvgIpc) is 2.85. The standard InChI is InChI=1S/C24H27N5O3/c1-25-14-23(31)27-19-7-5-17(6-8-19)20-12-21(22-13-26-9-10-32-22)29-24(28-20)18-4-2-3-16(11-18)15-30/h2-8,11-12,22,25-26,30H,9-10,13-15H2,1H3,(H,27,31). The number of aromatic nitrogens is 2. The van der Waals surface area contributed by atoms with Gasteiger partial charge in [0.2, 0.25) is 5.91 Å². The molecule has 4 N–H and O–H groups in total. The molecule has 0 saturated carbocycles. The number of morpholine rings is 1. The van der Waals surface area contributed by atoms with Crippen molar-refractivity contribution in [2.24, 2.45) is 0 Å². The summed E-state index contributed by atoms with van der Waals surface area (Å²) >= 11 is 0. The summed E-state index contributed by atoms with van der Waals surface area (Å²) in [5, 5.41) is 18.5. The second-order valence-electron chi connectivity index (χ2n) is 7.58. The Morgan fingerprint density at radius 1 is 1.16 bits per heavy atom. The summed E-state index contributed by atoms with van der Waals surface area (Å²) in [6.45, 7) is 2.34. The van der Waals surface area contributed by atoms with Gasteiger partial charge in [-0.2, -0.15) is 0 Å². The fourth-order valence-electron chi connectivity index (χ4n) is 3.56. The molecule has 32 heavy (non-hydrogen) atoms. The predicted molar refractivity (Wildman–Crippen MR) is 123 cm³/mol. The van der Waals surface area contributed by atoms with E-state index in [1.807, 2.05) is 54.6 Å². The number of hydrogen-bond acceptors (Lipinski definition) is 7. The van der Waals surface area contributed by atoms with Gasteiger partial charge in [-0.15, -0.1) is 0 Å². The van der Waals surface area contributed by atoms with Gasteiger partial charge in [0, 0.05) is 29.9 Å². The van der Waals surface area contributed by atoms with Crippen LogP contribution in [-0.4, -0.2) is 54.3 Å². The number of hydrogen-bond donors (Lipinski definition) is 4. The lowest BCUT2D eigenvalue weighted by atomic mass is 10.1. The average molecular weight is 434 g/mol. The number of nitrogens with one attached hydrogen (secondary N) is 3. The lowest BCUT2D eigenvalue weighted by Crippen LogP contribution is -2.33. The summed E-state index contributed by atoms with van der Waals surface area (Å²) in [6.07, 6.45) is -0.162. The van der Waals surface area contributed by atoms with E-state index in [9.17, 15) is 9.90 Å². The summed E-state index contributed by atoms with van der Waals surface area (Å²) in [6, 6.07) is 17.1. The minimum Gasteiger partial charge on any atom is -0.392 e. The van der Waals surface area contributed by atoms with Crippen LogP contribution in [-0.2, 0) is 16.1 Å². The van der Waals surface area contributed by atoms with Gasteiger partial charge in [0.1, 0.15) is 6.10 Å². The van der Waals surface area contributed by atoms with Gasteiger partial charge in [0.05, 0.1) is 31.1 Å². The molecule has 1 aliphatic rings. The first kappa shape index (κ1) is 22.0. The second-order valence-corrected chi connectivity index (χ2v) is 7.58. The van der Waals surface area contributed by atoms with Gasteiger partial charge in [0.15, 0.2) is 5.82 Å². The molecule has 3 aromatic rings. The number of carbonyl (C=O) groups is 1. The maximum atomic E-state index is 11.8. The first-order chi connectivity index (χ1) is 15.7. The van der Waals surface area contributed by atoms with Crippen molar-refractivity contribution in [2.75, 3.05) is 38.6 Å². The summed E-state index contributed by atoms with van der Waals surface area (Å²) < 4.78 is 5.93. The molecule has 1 aliphatic heterocycles. The molecule has 0 radical (unpaired) electrons. The van der Waals surface area contributed by atoms with Crippen molar-refractivity contribution in [1.29, 1.82) is 0 Å². The highest BCUT2D eigenvalue weighted by Crippen LogP contribution is 2.28. The largest absolute Gasteiger partial charge is 0.392 e. The van der Waals surface area contributed by atoms with Crippen LogP contribution in [0.5, 0.6) is 0 Å². The molecule has 1 saturated heterocycles. The molecule has 8 nitrogen and oxygen atoms in total. The molecule has 2 aromatic carbocycles. The highest BCUT2D eigenvalue weighted by Gasteiger charge is 2.20. The van der Waals surface area contributed by atoms with E-state index in [1.54, 1.807) is 7.05 Å². The minimum atomic E-state index is -0.162. The molecule has 1 amide bonds. The Labute approximate surface area is 187 Å². The Morgan fingerprint density at radius 2 is 2.00 bits per heavy atom. The molecule has 0 spiro atoms. The van der Waals surface area contributed by atoms with E-state index in [0.29, 0.717) is 19.0 Å². The molecule has 0 bridgehead atoms. The van der Waals surface area contributed by atoms with Crippen molar-refractivity contribution in [3.8, 4) is 22.6 Å². The van der Waals surface area contributed by atoms with Crippen LogP contribution in [0.15, 0.2) is 54.6 Å². The van der Waals surface area contributed by atoms with Crippen molar-refractivity contribution in [3.63, 3.8) is 0 Å². The number of likely N-dealkylation sites (N-methyl/N-ethyl adjacent to an activating group) is 1. The van der Waals surface area contributed by atoms with Gasteiger partial charge < -0.3 is 25.8 Å². The molecular formula is C24H27N5O3. The van der Waals surface area contributed by atoms with Crippen LogP contribution in [0.3, 0.4) is 0 Å². The normalized spacial score (nSPS) is 16.0. The number of rotatable bonds is 7. The zero-order chi connectivity index (χ0) is 22.3. The van der Waals surface area contributed by atoms with E-state index in [0.717, 1.165) is 40.3 Å². The molecule has 4 rings (SSSR count).